The van der Waals surface area contributed by atoms with Crippen LogP contribution in [-0.4, -0.2) is 28.1 Å². The van der Waals surface area contributed by atoms with Crippen LogP contribution in [0.15, 0.2) is 41.6 Å². The molecular weight excluding hydrogens is 414 g/mol. The van der Waals surface area contributed by atoms with Crippen LogP contribution < -0.4 is 5.32 Å². The molecule has 0 radical (unpaired) electrons. The van der Waals surface area contributed by atoms with Gasteiger partial charge in [0.15, 0.2) is 17.2 Å². The molecule has 0 saturated heterocycles. The van der Waals surface area contributed by atoms with Crippen molar-refractivity contribution in [3.05, 3.63) is 47.2 Å². The normalized spacial score (nSPS) is 22.5. The van der Waals surface area contributed by atoms with E-state index in [0.717, 1.165) is 5.56 Å². The molecule has 5 heteroatoms. The molecule has 0 spiro atoms. The zero-order valence-electron chi connectivity index (χ0n) is 21.1. The second-order valence-corrected chi connectivity index (χ2v) is 10.6. The lowest BCUT2D eigenvalue weighted by Gasteiger charge is -2.26. The van der Waals surface area contributed by atoms with Gasteiger partial charge < -0.3 is 10.4 Å². The van der Waals surface area contributed by atoms with Gasteiger partial charge in [0.05, 0.1) is 11.5 Å². The molecule has 182 valence electrons. The molecule has 1 saturated carbocycles. The van der Waals surface area contributed by atoms with Gasteiger partial charge in [-0.25, -0.2) is 0 Å². The highest BCUT2D eigenvalue weighted by atomic mass is 16.3. The number of aliphatic hydroxyl groups is 1. The van der Waals surface area contributed by atoms with Crippen LogP contribution >= 0.6 is 0 Å². The SMILES string of the molecule is CC(C)CCC(=O)[C@@]1(O)C(=O)/C(=C(\CC(C)C)NCc2ccccc2)C(=O)[C@@H]1CCC(C)C. The van der Waals surface area contributed by atoms with Crippen LogP contribution in [-0.2, 0) is 20.9 Å². The van der Waals surface area contributed by atoms with Crippen molar-refractivity contribution >= 4 is 17.3 Å². The molecule has 2 rings (SSSR count). The summed E-state index contributed by atoms with van der Waals surface area (Å²) in [5, 5.41) is 14.8. The van der Waals surface area contributed by atoms with Crippen molar-refractivity contribution in [2.75, 3.05) is 0 Å². The van der Waals surface area contributed by atoms with Crippen molar-refractivity contribution in [3.8, 4) is 0 Å². The fourth-order valence-electron chi connectivity index (χ4n) is 4.36. The van der Waals surface area contributed by atoms with Crippen molar-refractivity contribution in [1.29, 1.82) is 0 Å². The smallest absolute Gasteiger partial charge is 0.208 e. The first kappa shape index (κ1) is 27.0. The van der Waals surface area contributed by atoms with Gasteiger partial charge in [-0.15, -0.1) is 0 Å². The van der Waals surface area contributed by atoms with Crippen molar-refractivity contribution < 1.29 is 19.5 Å². The maximum Gasteiger partial charge on any atom is 0.208 e. The quantitative estimate of drug-likeness (QED) is 0.263. The highest BCUT2D eigenvalue weighted by Gasteiger charge is 2.61. The van der Waals surface area contributed by atoms with Crippen LogP contribution in [0.4, 0.5) is 0 Å². The number of carbonyl (C=O) groups is 3. The van der Waals surface area contributed by atoms with E-state index in [4.69, 9.17) is 0 Å². The molecule has 1 fully saturated rings. The summed E-state index contributed by atoms with van der Waals surface area (Å²) in [6, 6.07) is 9.75. The Kier molecular flexibility index (Phi) is 9.59. The fourth-order valence-corrected chi connectivity index (χ4v) is 4.36. The van der Waals surface area contributed by atoms with Crippen LogP contribution in [0.3, 0.4) is 0 Å². The summed E-state index contributed by atoms with van der Waals surface area (Å²) in [6.07, 6.45) is 2.14. The molecule has 1 aliphatic rings. The average Bonchev–Trinajstić information content (AvgIpc) is 2.94. The van der Waals surface area contributed by atoms with Gasteiger partial charge in [-0.1, -0.05) is 78.3 Å². The Morgan fingerprint density at radius 3 is 2.12 bits per heavy atom. The third-order valence-corrected chi connectivity index (χ3v) is 6.31. The maximum absolute atomic E-state index is 13.6. The number of hydrogen-bond donors (Lipinski definition) is 2. The molecular formula is C28H41NO4. The van der Waals surface area contributed by atoms with E-state index < -0.39 is 28.9 Å². The molecule has 0 bridgehead atoms. The first-order chi connectivity index (χ1) is 15.5. The van der Waals surface area contributed by atoms with Crippen LogP contribution in [0.1, 0.15) is 79.2 Å². The number of rotatable bonds is 12. The Hall–Kier alpha value is -2.27. The molecule has 2 atom stereocenters. The number of benzene rings is 1. The molecule has 0 amide bonds. The average molecular weight is 456 g/mol. The van der Waals surface area contributed by atoms with E-state index in [2.05, 4.69) is 5.32 Å². The highest BCUT2D eigenvalue weighted by Crippen LogP contribution is 2.41. The van der Waals surface area contributed by atoms with Gasteiger partial charge in [0.25, 0.3) is 0 Å². The number of nitrogens with one attached hydrogen (secondary N) is 1. The summed E-state index contributed by atoms with van der Waals surface area (Å²) in [6.45, 7) is 12.6. The van der Waals surface area contributed by atoms with Crippen molar-refractivity contribution in [2.45, 2.75) is 85.8 Å². The molecule has 5 nitrogen and oxygen atoms in total. The van der Waals surface area contributed by atoms with Gasteiger partial charge in [-0.3, -0.25) is 14.4 Å². The standard InChI is InChI=1S/C28H41NO4/c1-18(2)12-14-22-26(31)25(27(32)28(22,33)24(30)15-13-19(3)4)23(16-20(5)6)29-17-21-10-8-7-9-11-21/h7-11,18-20,22,29,33H,12-17H2,1-6H3/b25-23+/t22-,28+/m0/s1. The minimum atomic E-state index is -2.26. The predicted molar refractivity (Wildman–Crippen MR) is 131 cm³/mol. The number of allylic oxidation sites excluding steroid dienone is 1. The second kappa shape index (κ2) is 11.7. The molecule has 1 aliphatic carbocycles. The predicted octanol–water partition coefficient (Wildman–Crippen LogP) is 5.02. The number of Topliss-reactive ketones (excluding diaryl/α,β-unsaturated/α-hetero) is 3. The molecule has 1 aromatic rings. The molecule has 0 aliphatic heterocycles. The van der Waals surface area contributed by atoms with E-state index in [0.29, 0.717) is 43.8 Å². The van der Waals surface area contributed by atoms with E-state index in [1.165, 1.54) is 0 Å². The van der Waals surface area contributed by atoms with E-state index >= 15 is 0 Å². The lowest BCUT2D eigenvalue weighted by Crippen LogP contribution is -2.49. The van der Waals surface area contributed by atoms with Crippen LogP contribution in [0.5, 0.6) is 0 Å². The van der Waals surface area contributed by atoms with Crippen LogP contribution in [0.2, 0.25) is 0 Å². The van der Waals surface area contributed by atoms with Gasteiger partial charge in [0.2, 0.25) is 5.78 Å². The number of ketones is 3. The minimum Gasteiger partial charge on any atom is -0.384 e. The van der Waals surface area contributed by atoms with Crippen LogP contribution in [0, 0.1) is 23.7 Å². The molecule has 2 N–H and O–H groups in total. The monoisotopic (exact) mass is 455 g/mol. The largest absolute Gasteiger partial charge is 0.384 e. The molecule has 33 heavy (non-hydrogen) atoms. The number of hydrogen-bond acceptors (Lipinski definition) is 5. The fraction of sp³-hybridized carbons (Fsp3) is 0.607. The highest BCUT2D eigenvalue weighted by molar-refractivity contribution is 6.37. The van der Waals surface area contributed by atoms with Gasteiger partial charge in [-0.2, -0.15) is 0 Å². The third-order valence-electron chi connectivity index (χ3n) is 6.31. The summed E-state index contributed by atoms with van der Waals surface area (Å²) in [4.78, 5) is 40.4. The number of carbonyl (C=O) groups excluding carboxylic acids is 3. The summed E-state index contributed by atoms with van der Waals surface area (Å²) < 4.78 is 0. The van der Waals surface area contributed by atoms with Crippen molar-refractivity contribution in [2.24, 2.45) is 23.7 Å². The first-order valence-corrected chi connectivity index (χ1v) is 12.3. The summed E-state index contributed by atoms with van der Waals surface area (Å²) in [7, 11) is 0. The summed E-state index contributed by atoms with van der Waals surface area (Å²) in [5.41, 5.74) is -0.705. The van der Waals surface area contributed by atoms with E-state index in [1.807, 2.05) is 71.9 Å². The molecule has 1 aromatic carbocycles. The molecule has 0 unspecified atom stereocenters. The zero-order chi connectivity index (χ0) is 24.8. The Morgan fingerprint density at radius 2 is 1.58 bits per heavy atom. The van der Waals surface area contributed by atoms with Gasteiger partial charge in [0.1, 0.15) is 0 Å². The van der Waals surface area contributed by atoms with Crippen molar-refractivity contribution in [3.63, 3.8) is 0 Å². The first-order valence-electron chi connectivity index (χ1n) is 12.3. The van der Waals surface area contributed by atoms with Gasteiger partial charge in [0, 0.05) is 18.7 Å². The van der Waals surface area contributed by atoms with Crippen molar-refractivity contribution in [1.82, 2.24) is 5.32 Å². The minimum absolute atomic E-state index is 0.00576. The Bertz CT molecular complexity index is 869. The molecule has 0 heterocycles. The van der Waals surface area contributed by atoms with Gasteiger partial charge >= 0.3 is 0 Å². The molecule has 0 aromatic heterocycles. The van der Waals surface area contributed by atoms with E-state index in [9.17, 15) is 19.5 Å². The van der Waals surface area contributed by atoms with E-state index in [-0.39, 0.29) is 23.8 Å². The third kappa shape index (κ3) is 6.63. The summed E-state index contributed by atoms with van der Waals surface area (Å²) in [5.74, 6) is -1.90. The lowest BCUT2D eigenvalue weighted by molar-refractivity contribution is -0.153. The zero-order valence-corrected chi connectivity index (χ0v) is 21.1. The Labute approximate surface area is 199 Å². The second-order valence-electron chi connectivity index (χ2n) is 10.6. The maximum atomic E-state index is 13.6. The Balaban J connectivity index is 2.48. The van der Waals surface area contributed by atoms with E-state index in [1.54, 1.807) is 0 Å². The van der Waals surface area contributed by atoms with Gasteiger partial charge in [-0.05, 0) is 42.6 Å². The Morgan fingerprint density at radius 1 is 0.970 bits per heavy atom. The summed E-state index contributed by atoms with van der Waals surface area (Å²) >= 11 is 0. The van der Waals surface area contributed by atoms with Crippen LogP contribution in [0.25, 0.3) is 0 Å². The topological polar surface area (TPSA) is 83.5 Å². The lowest BCUT2D eigenvalue weighted by atomic mass is 9.79.